The molecule has 3 aromatic rings. The van der Waals surface area contributed by atoms with E-state index in [-0.39, 0.29) is 0 Å². The van der Waals surface area contributed by atoms with E-state index in [9.17, 15) is 0 Å². The van der Waals surface area contributed by atoms with E-state index < -0.39 is 0 Å². The lowest BCUT2D eigenvalue weighted by Gasteiger charge is -2.45. The highest BCUT2D eigenvalue weighted by atomic mass is 79.9. The average Bonchev–Trinajstić information content (AvgIpc) is 3.13. The van der Waals surface area contributed by atoms with Crippen LogP contribution in [0.15, 0.2) is 53.0 Å². The van der Waals surface area contributed by atoms with Crippen LogP contribution in [0.3, 0.4) is 0 Å². The number of para-hydroxylation sites is 1. The van der Waals surface area contributed by atoms with Gasteiger partial charge in [-0.15, -0.1) is 11.3 Å². The molecule has 6 rings (SSSR count). The summed E-state index contributed by atoms with van der Waals surface area (Å²) in [4.78, 5) is 7.03. The fraction of sp³-hybridized carbons (Fsp3) is 0.480. The van der Waals surface area contributed by atoms with Crippen molar-refractivity contribution in [2.75, 3.05) is 19.6 Å². The van der Waals surface area contributed by atoms with Crippen LogP contribution < -0.4 is 0 Å². The van der Waals surface area contributed by atoms with Crippen LogP contribution in [-0.2, 0) is 6.42 Å². The number of hydrogen-bond donors (Lipinski definition) is 0. The summed E-state index contributed by atoms with van der Waals surface area (Å²) < 4.78 is 2.33. The molecule has 29 heavy (non-hydrogen) atoms. The normalized spacial score (nSPS) is 22.4. The van der Waals surface area contributed by atoms with Gasteiger partial charge in [-0.1, -0.05) is 56.7 Å². The second-order valence-electron chi connectivity index (χ2n) is 8.11. The molecule has 3 saturated heterocycles. The van der Waals surface area contributed by atoms with Crippen LogP contribution >= 0.6 is 27.3 Å². The topological polar surface area (TPSA) is 16.1 Å². The van der Waals surface area contributed by atoms with Gasteiger partial charge in [-0.2, -0.15) is 0 Å². The van der Waals surface area contributed by atoms with E-state index in [1.165, 1.54) is 55.6 Å². The van der Waals surface area contributed by atoms with E-state index in [0.717, 1.165) is 26.8 Å². The number of nitrogens with zero attached hydrogens (tertiary/aromatic N) is 2. The zero-order valence-electron chi connectivity index (χ0n) is 17.9. The Labute approximate surface area is 188 Å². The second-order valence-corrected chi connectivity index (χ2v) is 10.2. The number of rotatable bonds is 2. The van der Waals surface area contributed by atoms with Crippen LogP contribution in [0.2, 0.25) is 0 Å². The van der Waals surface area contributed by atoms with Crippen molar-refractivity contribution in [2.45, 2.75) is 46.5 Å². The Morgan fingerprint density at radius 1 is 1.03 bits per heavy atom. The monoisotopic (exact) mass is 472 g/mol. The molecule has 1 atom stereocenters. The predicted octanol–water partition coefficient (Wildman–Crippen LogP) is 7.35. The van der Waals surface area contributed by atoms with Gasteiger partial charge >= 0.3 is 0 Å². The van der Waals surface area contributed by atoms with Crippen LogP contribution in [0.1, 0.15) is 43.7 Å². The molecule has 0 spiro atoms. The Balaban J connectivity index is 0.000000152. The summed E-state index contributed by atoms with van der Waals surface area (Å²) in [5.41, 5.74) is 2.60. The van der Waals surface area contributed by atoms with Crippen molar-refractivity contribution in [1.82, 2.24) is 9.88 Å². The molecule has 2 aromatic carbocycles. The number of aryl methyl sites for hydroxylation is 1. The lowest BCUT2D eigenvalue weighted by Crippen LogP contribution is -2.48. The molecule has 0 N–H and O–H groups in total. The van der Waals surface area contributed by atoms with Gasteiger partial charge in [0, 0.05) is 11.0 Å². The highest BCUT2D eigenvalue weighted by Gasteiger charge is 2.33. The molecule has 0 aliphatic carbocycles. The summed E-state index contributed by atoms with van der Waals surface area (Å²) in [5, 5.41) is 1.12. The van der Waals surface area contributed by atoms with Gasteiger partial charge in [0.1, 0.15) is 0 Å². The van der Waals surface area contributed by atoms with Crippen molar-refractivity contribution in [1.29, 1.82) is 0 Å². The number of thiazole rings is 1. The summed E-state index contributed by atoms with van der Waals surface area (Å²) in [6.45, 7) is 10.3. The maximum Gasteiger partial charge on any atom is 0.0957 e. The maximum absolute atomic E-state index is 4.38. The Kier molecular flexibility index (Phi) is 8.70. The van der Waals surface area contributed by atoms with Crippen molar-refractivity contribution >= 4 is 37.5 Å². The lowest BCUT2D eigenvalue weighted by molar-refractivity contribution is 0.0512. The quantitative estimate of drug-likeness (QED) is 0.387. The van der Waals surface area contributed by atoms with Crippen molar-refractivity contribution < 1.29 is 0 Å². The van der Waals surface area contributed by atoms with Crippen LogP contribution in [-0.4, -0.2) is 29.5 Å². The number of halogens is 1. The van der Waals surface area contributed by atoms with Crippen molar-refractivity contribution in [3.05, 3.63) is 63.6 Å². The van der Waals surface area contributed by atoms with Gasteiger partial charge in [0.2, 0.25) is 0 Å². The highest BCUT2D eigenvalue weighted by Crippen LogP contribution is 2.34. The van der Waals surface area contributed by atoms with Crippen LogP contribution in [0.25, 0.3) is 10.2 Å². The number of hydrogen-bond acceptors (Lipinski definition) is 3. The summed E-state index contributed by atoms with van der Waals surface area (Å²) in [6.07, 6.45) is 5.43. The minimum atomic E-state index is 0.926. The van der Waals surface area contributed by atoms with Crippen molar-refractivity contribution in [2.24, 2.45) is 11.8 Å². The molecular weight excluding hydrogens is 440 g/mol. The Bertz CT molecular complexity index is 869. The largest absolute Gasteiger partial charge is 0.303 e. The van der Waals surface area contributed by atoms with Crippen LogP contribution in [0.5, 0.6) is 0 Å². The van der Waals surface area contributed by atoms with Gasteiger partial charge in [-0.25, -0.2) is 4.98 Å². The first-order valence-corrected chi connectivity index (χ1v) is 12.5. The molecule has 4 heteroatoms. The third-order valence-corrected chi connectivity index (χ3v) is 7.18. The molecule has 3 aliphatic heterocycles. The van der Waals surface area contributed by atoms with Crippen molar-refractivity contribution in [3.63, 3.8) is 0 Å². The van der Waals surface area contributed by atoms with Crippen LogP contribution in [0.4, 0.5) is 0 Å². The Hall–Kier alpha value is -1.23. The lowest BCUT2D eigenvalue weighted by atomic mass is 9.76. The van der Waals surface area contributed by atoms with E-state index >= 15 is 0 Å². The van der Waals surface area contributed by atoms with Gasteiger partial charge < -0.3 is 4.90 Å². The van der Waals surface area contributed by atoms with Gasteiger partial charge in [0.15, 0.2) is 0 Å². The van der Waals surface area contributed by atoms with E-state index in [2.05, 4.69) is 76.1 Å². The molecule has 2 bridgehead atoms. The van der Waals surface area contributed by atoms with Gasteiger partial charge in [0.25, 0.3) is 0 Å². The average molecular weight is 474 g/mol. The maximum atomic E-state index is 4.38. The summed E-state index contributed by atoms with van der Waals surface area (Å²) in [6, 6.07) is 17.1. The number of fused-ring (bicyclic) bond motifs is 4. The Morgan fingerprint density at radius 3 is 2.31 bits per heavy atom. The third kappa shape index (κ3) is 6.37. The number of piperidine rings is 3. The summed E-state index contributed by atoms with van der Waals surface area (Å²) in [5.74, 6) is 1.94. The first-order valence-electron chi connectivity index (χ1n) is 10.9. The van der Waals surface area contributed by atoms with Gasteiger partial charge in [0.05, 0.1) is 15.2 Å². The molecule has 0 saturated carbocycles. The zero-order chi connectivity index (χ0) is 20.6. The zero-order valence-corrected chi connectivity index (χ0v) is 20.3. The highest BCUT2D eigenvalue weighted by molar-refractivity contribution is 9.10. The first-order chi connectivity index (χ1) is 14.1. The number of benzene rings is 2. The van der Waals surface area contributed by atoms with E-state index in [1.54, 1.807) is 11.3 Å². The minimum Gasteiger partial charge on any atom is -0.303 e. The van der Waals surface area contributed by atoms with E-state index in [0.29, 0.717) is 0 Å². The molecule has 1 aromatic heterocycles. The summed E-state index contributed by atoms with van der Waals surface area (Å²) in [7, 11) is 0. The molecule has 4 heterocycles. The second kappa shape index (κ2) is 11.2. The molecule has 2 nitrogen and oxygen atoms in total. The third-order valence-electron chi connectivity index (χ3n) is 5.61. The smallest absolute Gasteiger partial charge is 0.0957 e. The van der Waals surface area contributed by atoms with Crippen molar-refractivity contribution in [3.8, 4) is 0 Å². The fourth-order valence-electron chi connectivity index (χ4n) is 4.26. The molecule has 3 aliphatic rings. The van der Waals surface area contributed by atoms with E-state index in [1.807, 2.05) is 19.1 Å². The SMILES string of the molecule is CCC.Cc1nc2c(Br)cccc2s1.c1ccc(C[C@H]2CN3CCC2CC3)cc1. The molecule has 0 amide bonds. The van der Waals surface area contributed by atoms with E-state index in [4.69, 9.17) is 0 Å². The standard InChI is InChI=1S/C14H19N.C8H6BrNS.C3H8/c1-2-4-12(5-3-1)10-14-11-15-8-6-13(14)7-9-15;1-5-10-8-6(9)3-2-4-7(8)11-5;1-3-2/h1-5,13-14H,6-11H2;2-4H,1H3;3H2,1-2H3/t14-;;/m0../s1. The molecule has 0 unspecified atom stereocenters. The Morgan fingerprint density at radius 2 is 1.72 bits per heavy atom. The van der Waals surface area contributed by atoms with Gasteiger partial charge in [-0.3, -0.25) is 0 Å². The molecule has 3 fully saturated rings. The molecular formula is C25H33BrN2S. The van der Waals surface area contributed by atoms with Gasteiger partial charge in [-0.05, 0) is 84.7 Å². The molecule has 0 radical (unpaired) electrons. The summed E-state index contributed by atoms with van der Waals surface area (Å²) >= 11 is 5.18. The predicted molar refractivity (Wildman–Crippen MR) is 131 cm³/mol. The van der Waals surface area contributed by atoms with Crippen LogP contribution in [0, 0.1) is 18.8 Å². The minimum absolute atomic E-state index is 0.926. The fourth-order valence-corrected chi connectivity index (χ4v) is 5.70. The first kappa shape index (κ1) is 22.5. The molecule has 156 valence electrons. The number of aromatic nitrogens is 1.